The summed E-state index contributed by atoms with van der Waals surface area (Å²) in [7, 11) is 1.76. The van der Waals surface area contributed by atoms with Gasteiger partial charge in [-0.15, -0.1) is 0 Å². The average molecular weight is 405 g/mol. The molecule has 2 aliphatic rings. The van der Waals surface area contributed by atoms with Crippen LogP contribution in [0.1, 0.15) is 58.3 Å². The number of aromatic nitrogens is 2. The molecule has 3 rings (SSSR count). The second-order valence-corrected chi connectivity index (χ2v) is 8.22. The third kappa shape index (κ3) is 5.50. The van der Waals surface area contributed by atoms with E-state index in [1.807, 2.05) is 0 Å². The number of nitrogens with zero attached hydrogens (tertiary/aromatic N) is 4. The number of hydrogen-bond donors (Lipinski definition) is 2. The highest BCUT2D eigenvalue weighted by Gasteiger charge is 2.29. The van der Waals surface area contributed by atoms with Crippen molar-refractivity contribution in [2.75, 3.05) is 49.2 Å². The fourth-order valence-electron chi connectivity index (χ4n) is 4.49. The highest BCUT2D eigenvalue weighted by atomic mass is 16.5. The van der Waals surface area contributed by atoms with Gasteiger partial charge < -0.3 is 20.7 Å². The van der Waals surface area contributed by atoms with E-state index in [2.05, 4.69) is 27.1 Å². The average Bonchev–Trinajstić information content (AvgIpc) is 3.27. The van der Waals surface area contributed by atoms with Gasteiger partial charge in [-0.1, -0.05) is 26.2 Å². The number of nitrogens with one attached hydrogen (secondary N) is 1. The maximum Gasteiger partial charge on any atom is 0.320 e. The van der Waals surface area contributed by atoms with Gasteiger partial charge in [-0.2, -0.15) is 9.97 Å². The number of anilines is 3. The number of likely N-dealkylation sites (tertiary alicyclic amines) is 1. The van der Waals surface area contributed by atoms with Crippen LogP contribution < -0.4 is 20.7 Å². The molecule has 1 saturated carbocycles. The highest BCUT2D eigenvalue weighted by molar-refractivity contribution is 5.85. The molecule has 1 aromatic rings. The number of ether oxygens (including phenoxy) is 1. The molecule has 0 spiro atoms. The normalized spacial score (nSPS) is 18.7. The molecule has 0 unspecified atom stereocenters. The first-order valence-electron chi connectivity index (χ1n) is 11.1. The standard InChI is InChI=1S/C21H36N6O2/c1-3-4-13-29-21-24-19(22)18(23-2)20(25-21)27(15-28)14-16-9-11-26(12-10-16)17-7-5-6-8-17/h15-17,23H,3-14H2,1-2H3,(H2,22,24,25). The lowest BCUT2D eigenvalue weighted by atomic mass is 9.95. The molecule has 0 atom stereocenters. The van der Waals surface area contributed by atoms with Crippen molar-refractivity contribution in [1.82, 2.24) is 14.9 Å². The smallest absolute Gasteiger partial charge is 0.320 e. The molecule has 1 amide bonds. The van der Waals surface area contributed by atoms with Gasteiger partial charge in [-0.3, -0.25) is 9.69 Å². The summed E-state index contributed by atoms with van der Waals surface area (Å²) in [4.78, 5) is 25.0. The summed E-state index contributed by atoms with van der Waals surface area (Å²) < 4.78 is 5.64. The lowest BCUT2D eigenvalue weighted by Crippen LogP contribution is -2.42. The van der Waals surface area contributed by atoms with Gasteiger partial charge in [0.2, 0.25) is 6.41 Å². The van der Waals surface area contributed by atoms with Gasteiger partial charge in [-0.05, 0) is 51.1 Å². The molecule has 0 aromatic carbocycles. The molecule has 0 bridgehead atoms. The summed E-state index contributed by atoms with van der Waals surface area (Å²) in [6.07, 6.45) is 10.4. The zero-order valence-corrected chi connectivity index (χ0v) is 17.9. The van der Waals surface area contributed by atoms with Crippen LogP contribution in [-0.2, 0) is 4.79 Å². The minimum absolute atomic E-state index is 0.229. The Morgan fingerprint density at radius 3 is 2.59 bits per heavy atom. The van der Waals surface area contributed by atoms with E-state index in [4.69, 9.17) is 10.5 Å². The van der Waals surface area contributed by atoms with Crippen molar-refractivity contribution in [3.05, 3.63) is 0 Å². The molecular weight excluding hydrogens is 368 g/mol. The van der Waals surface area contributed by atoms with E-state index in [1.54, 1.807) is 11.9 Å². The van der Waals surface area contributed by atoms with Crippen LogP contribution in [-0.4, -0.2) is 60.6 Å². The van der Waals surface area contributed by atoms with Crippen LogP contribution in [0.15, 0.2) is 0 Å². The van der Waals surface area contributed by atoms with Crippen molar-refractivity contribution >= 4 is 23.7 Å². The van der Waals surface area contributed by atoms with E-state index < -0.39 is 0 Å². The van der Waals surface area contributed by atoms with Crippen LogP contribution in [0, 0.1) is 5.92 Å². The zero-order valence-electron chi connectivity index (χ0n) is 17.9. The minimum Gasteiger partial charge on any atom is -0.463 e. The Hall–Kier alpha value is -2.09. The summed E-state index contributed by atoms with van der Waals surface area (Å²) in [5.41, 5.74) is 6.68. The Labute approximate surface area is 174 Å². The van der Waals surface area contributed by atoms with E-state index in [0.717, 1.165) is 51.2 Å². The Balaban J connectivity index is 1.66. The molecule has 162 valence electrons. The maximum absolute atomic E-state index is 11.9. The predicted molar refractivity (Wildman–Crippen MR) is 116 cm³/mol. The minimum atomic E-state index is 0.229. The number of nitrogen functional groups attached to an aromatic ring is 1. The quantitative estimate of drug-likeness (QED) is 0.457. The molecule has 1 aliphatic heterocycles. The summed E-state index contributed by atoms with van der Waals surface area (Å²) in [5, 5.41) is 3.04. The van der Waals surface area contributed by atoms with Gasteiger partial charge >= 0.3 is 6.01 Å². The zero-order chi connectivity index (χ0) is 20.6. The van der Waals surface area contributed by atoms with Crippen LogP contribution in [0.25, 0.3) is 0 Å². The third-order valence-corrected chi connectivity index (χ3v) is 6.22. The summed E-state index contributed by atoms with van der Waals surface area (Å²) in [6.45, 7) is 5.52. The van der Waals surface area contributed by atoms with Gasteiger partial charge in [-0.25, -0.2) is 0 Å². The molecular formula is C21H36N6O2. The van der Waals surface area contributed by atoms with E-state index in [1.165, 1.54) is 25.7 Å². The van der Waals surface area contributed by atoms with E-state index in [9.17, 15) is 4.79 Å². The monoisotopic (exact) mass is 404 g/mol. The van der Waals surface area contributed by atoms with Gasteiger partial charge in [0, 0.05) is 19.6 Å². The number of nitrogens with two attached hydrogens (primary N) is 1. The number of piperidine rings is 1. The SMILES string of the molecule is CCCCOc1nc(N)c(NC)c(N(C=O)CC2CCN(C3CCCC3)CC2)n1. The van der Waals surface area contributed by atoms with Crippen LogP contribution in [0.3, 0.4) is 0 Å². The molecule has 1 aromatic heterocycles. The van der Waals surface area contributed by atoms with Crippen LogP contribution in [0.2, 0.25) is 0 Å². The summed E-state index contributed by atoms with van der Waals surface area (Å²) in [5.74, 6) is 1.26. The van der Waals surface area contributed by atoms with Crippen molar-refractivity contribution in [3.8, 4) is 6.01 Å². The van der Waals surface area contributed by atoms with Gasteiger partial charge in [0.05, 0.1) is 6.61 Å². The van der Waals surface area contributed by atoms with Crippen molar-refractivity contribution in [1.29, 1.82) is 0 Å². The molecule has 8 heteroatoms. The Morgan fingerprint density at radius 2 is 1.97 bits per heavy atom. The fourth-order valence-corrected chi connectivity index (χ4v) is 4.49. The van der Waals surface area contributed by atoms with Gasteiger partial charge in [0.15, 0.2) is 11.6 Å². The number of carbonyl (C=O) groups excluding carboxylic acids is 1. The molecule has 3 N–H and O–H groups in total. The summed E-state index contributed by atoms with van der Waals surface area (Å²) >= 11 is 0. The third-order valence-electron chi connectivity index (χ3n) is 6.22. The van der Waals surface area contributed by atoms with Gasteiger partial charge in [0.25, 0.3) is 0 Å². The summed E-state index contributed by atoms with van der Waals surface area (Å²) in [6, 6.07) is 1.01. The first-order chi connectivity index (χ1) is 14.2. The fraction of sp³-hybridized carbons (Fsp3) is 0.762. The molecule has 8 nitrogen and oxygen atoms in total. The molecule has 0 radical (unpaired) electrons. The highest BCUT2D eigenvalue weighted by Crippen LogP contribution is 2.32. The number of rotatable bonds is 10. The first kappa shape index (κ1) is 21.6. The molecule has 2 fully saturated rings. The van der Waals surface area contributed by atoms with Crippen LogP contribution in [0.4, 0.5) is 17.3 Å². The topological polar surface area (TPSA) is 96.6 Å². The Bertz CT molecular complexity index is 657. The van der Waals surface area contributed by atoms with Crippen molar-refractivity contribution in [3.63, 3.8) is 0 Å². The van der Waals surface area contributed by atoms with Crippen molar-refractivity contribution in [2.45, 2.75) is 64.3 Å². The first-order valence-corrected chi connectivity index (χ1v) is 11.1. The van der Waals surface area contributed by atoms with E-state index in [-0.39, 0.29) is 6.01 Å². The van der Waals surface area contributed by atoms with Crippen LogP contribution >= 0.6 is 0 Å². The van der Waals surface area contributed by atoms with Crippen molar-refractivity contribution in [2.24, 2.45) is 5.92 Å². The molecule has 1 saturated heterocycles. The lowest BCUT2D eigenvalue weighted by Gasteiger charge is -2.37. The number of unbranched alkanes of at least 4 members (excludes halogenated alkanes) is 1. The Kier molecular flexibility index (Phi) is 7.91. The molecule has 2 heterocycles. The largest absolute Gasteiger partial charge is 0.463 e. The molecule has 1 aliphatic carbocycles. The maximum atomic E-state index is 11.9. The van der Waals surface area contributed by atoms with Crippen molar-refractivity contribution < 1.29 is 9.53 Å². The second-order valence-electron chi connectivity index (χ2n) is 8.22. The number of carbonyl (C=O) groups is 1. The van der Waals surface area contributed by atoms with Crippen LogP contribution in [0.5, 0.6) is 6.01 Å². The van der Waals surface area contributed by atoms with E-state index >= 15 is 0 Å². The lowest BCUT2D eigenvalue weighted by molar-refractivity contribution is -0.107. The Morgan fingerprint density at radius 1 is 1.24 bits per heavy atom. The van der Waals surface area contributed by atoms with Gasteiger partial charge in [0.1, 0.15) is 5.69 Å². The predicted octanol–water partition coefficient (Wildman–Crippen LogP) is 2.90. The number of amides is 1. The second kappa shape index (κ2) is 10.6. The molecule has 29 heavy (non-hydrogen) atoms. The van der Waals surface area contributed by atoms with E-state index in [0.29, 0.717) is 36.4 Å². The number of hydrogen-bond acceptors (Lipinski definition) is 7.